The van der Waals surface area contributed by atoms with Gasteiger partial charge in [0.25, 0.3) is 0 Å². The third kappa shape index (κ3) is 2.89. The monoisotopic (exact) mass is 238 g/mol. The smallest absolute Gasteiger partial charge is 0.0426 e. The normalized spacial score (nSPS) is 26.7. The number of rotatable bonds is 2. The zero-order valence-electron chi connectivity index (χ0n) is 9.91. The van der Waals surface area contributed by atoms with Crippen molar-refractivity contribution in [2.75, 3.05) is 25.5 Å². The van der Waals surface area contributed by atoms with Crippen LogP contribution in [-0.2, 0) is 0 Å². The van der Waals surface area contributed by atoms with E-state index in [9.17, 15) is 0 Å². The van der Waals surface area contributed by atoms with Crippen LogP contribution in [0.25, 0.3) is 0 Å². The predicted octanol–water partition coefficient (Wildman–Crippen LogP) is 3.09. The zero-order chi connectivity index (χ0) is 11.5. The SMILES string of the molecule is CC1CN(C)CCC1Nc1cccc(Cl)c1. The summed E-state index contributed by atoms with van der Waals surface area (Å²) in [7, 11) is 2.19. The van der Waals surface area contributed by atoms with Crippen molar-refractivity contribution in [2.24, 2.45) is 5.92 Å². The minimum atomic E-state index is 0.565. The number of likely N-dealkylation sites (tertiary alicyclic amines) is 1. The molecule has 1 fully saturated rings. The molecule has 1 aliphatic heterocycles. The number of hydrogen-bond donors (Lipinski definition) is 1. The van der Waals surface area contributed by atoms with Gasteiger partial charge in [-0.2, -0.15) is 0 Å². The fraction of sp³-hybridized carbons (Fsp3) is 0.538. The number of nitrogens with one attached hydrogen (secondary N) is 1. The molecular formula is C13H19ClN2. The van der Waals surface area contributed by atoms with Gasteiger partial charge in [0.2, 0.25) is 0 Å². The van der Waals surface area contributed by atoms with Gasteiger partial charge in [-0.15, -0.1) is 0 Å². The summed E-state index contributed by atoms with van der Waals surface area (Å²) >= 11 is 5.97. The molecule has 0 aromatic heterocycles. The van der Waals surface area contributed by atoms with E-state index in [0.29, 0.717) is 12.0 Å². The van der Waals surface area contributed by atoms with Crippen molar-refractivity contribution < 1.29 is 0 Å². The molecule has 0 aliphatic carbocycles. The van der Waals surface area contributed by atoms with Crippen LogP contribution in [0, 0.1) is 5.92 Å². The minimum absolute atomic E-state index is 0.565. The quantitative estimate of drug-likeness (QED) is 0.852. The van der Waals surface area contributed by atoms with Gasteiger partial charge in [0.05, 0.1) is 0 Å². The lowest BCUT2D eigenvalue weighted by Crippen LogP contribution is -2.43. The van der Waals surface area contributed by atoms with E-state index in [1.807, 2.05) is 18.2 Å². The molecule has 0 radical (unpaired) electrons. The molecule has 0 bridgehead atoms. The van der Waals surface area contributed by atoms with E-state index < -0.39 is 0 Å². The van der Waals surface area contributed by atoms with Gasteiger partial charge in [-0.05, 0) is 44.1 Å². The number of anilines is 1. The lowest BCUT2D eigenvalue weighted by atomic mass is 9.94. The predicted molar refractivity (Wildman–Crippen MR) is 70.1 cm³/mol. The van der Waals surface area contributed by atoms with E-state index in [4.69, 9.17) is 11.6 Å². The molecule has 2 atom stereocenters. The van der Waals surface area contributed by atoms with Gasteiger partial charge >= 0.3 is 0 Å². The van der Waals surface area contributed by atoms with Crippen molar-refractivity contribution >= 4 is 17.3 Å². The highest BCUT2D eigenvalue weighted by Gasteiger charge is 2.23. The lowest BCUT2D eigenvalue weighted by molar-refractivity contribution is 0.206. The topological polar surface area (TPSA) is 15.3 Å². The summed E-state index contributed by atoms with van der Waals surface area (Å²) in [4.78, 5) is 2.39. The van der Waals surface area contributed by atoms with Crippen molar-refractivity contribution in [3.05, 3.63) is 29.3 Å². The van der Waals surface area contributed by atoms with E-state index in [1.165, 1.54) is 13.0 Å². The summed E-state index contributed by atoms with van der Waals surface area (Å²) in [5, 5.41) is 4.38. The maximum Gasteiger partial charge on any atom is 0.0426 e. The Hall–Kier alpha value is -0.730. The van der Waals surface area contributed by atoms with Crippen LogP contribution in [0.1, 0.15) is 13.3 Å². The number of hydrogen-bond acceptors (Lipinski definition) is 2. The van der Waals surface area contributed by atoms with Gasteiger partial charge in [0.1, 0.15) is 0 Å². The van der Waals surface area contributed by atoms with Gasteiger partial charge < -0.3 is 10.2 Å². The highest BCUT2D eigenvalue weighted by molar-refractivity contribution is 6.30. The van der Waals surface area contributed by atoms with Crippen LogP contribution in [-0.4, -0.2) is 31.1 Å². The van der Waals surface area contributed by atoms with Crippen LogP contribution < -0.4 is 5.32 Å². The van der Waals surface area contributed by atoms with Crippen LogP contribution >= 0.6 is 11.6 Å². The second-order valence-corrected chi connectivity index (χ2v) is 5.23. The van der Waals surface area contributed by atoms with E-state index in [0.717, 1.165) is 17.3 Å². The van der Waals surface area contributed by atoms with E-state index >= 15 is 0 Å². The molecule has 1 aromatic carbocycles. The fourth-order valence-electron chi connectivity index (χ4n) is 2.36. The Labute approximate surface area is 103 Å². The molecule has 0 saturated carbocycles. The first kappa shape index (κ1) is 11.7. The fourth-order valence-corrected chi connectivity index (χ4v) is 2.55. The molecule has 2 rings (SSSR count). The van der Waals surface area contributed by atoms with Gasteiger partial charge in [-0.3, -0.25) is 0 Å². The molecule has 88 valence electrons. The Morgan fingerprint density at radius 3 is 2.94 bits per heavy atom. The van der Waals surface area contributed by atoms with E-state index in [2.05, 4.69) is 30.3 Å². The zero-order valence-corrected chi connectivity index (χ0v) is 10.7. The molecular weight excluding hydrogens is 220 g/mol. The first-order valence-corrected chi connectivity index (χ1v) is 6.23. The van der Waals surface area contributed by atoms with E-state index in [1.54, 1.807) is 0 Å². The Morgan fingerprint density at radius 2 is 2.25 bits per heavy atom. The lowest BCUT2D eigenvalue weighted by Gasteiger charge is -2.35. The van der Waals surface area contributed by atoms with Crippen LogP contribution in [0.2, 0.25) is 5.02 Å². The maximum absolute atomic E-state index is 5.97. The average molecular weight is 239 g/mol. The summed E-state index contributed by atoms with van der Waals surface area (Å²) in [5.74, 6) is 0.678. The standard InChI is InChI=1S/C13H19ClN2/c1-10-9-16(2)7-6-13(10)15-12-5-3-4-11(14)8-12/h3-5,8,10,13,15H,6-7,9H2,1-2H3. The molecule has 16 heavy (non-hydrogen) atoms. The Morgan fingerprint density at radius 1 is 1.44 bits per heavy atom. The van der Waals surface area contributed by atoms with Crippen molar-refractivity contribution in [1.29, 1.82) is 0 Å². The second-order valence-electron chi connectivity index (χ2n) is 4.79. The summed E-state index contributed by atoms with van der Waals surface area (Å²) < 4.78 is 0. The van der Waals surface area contributed by atoms with Gasteiger partial charge in [0.15, 0.2) is 0 Å². The van der Waals surface area contributed by atoms with Crippen molar-refractivity contribution in [3.63, 3.8) is 0 Å². The molecule has 3 heteroatoms. The Kier molecular flexibility index (Phi) is 3.72. The molecule has 1 aliphatic rings. The summed E-state index contributed by atoms with van der Waals surface area (Å²) in [5.41, 5.74) is 1.13. The van der Waals surface area contributed by atoms with Crippen LogP contribution in [0.5, 0.6) is 0 Å². The first-order valence-electron chi connectivity index (χ1n) is 5.86. The van der Waals surface area contributed by atoms with Crippen LogP contribution in [0.3, 0.4) is 0 Å². The van der Waals surface area contributed by atoms with Crippen LogP contribution in [0.15, 0.2) is 24.3 Å². The molecule has 0 spiro atoms. The summed E-state index contributed by atoms with van der Waals surface area (Å²) in [6.07, 6.45) is 1.20. The van der Waals surface area contributed by atoms with Crippen molar-refractivity contribution in [3.8, 4) is 0 Å². The minimum Gasteiger partial charge on any atom is -0.382 e. The maximum atomic E-state index is 5.97. The first-order chi connectivity index (χ1) is 7.65. The molecule has 1 saturated heterocycles. The Balaban J connectivity index is 1.99. The number of nitrogens with zero attached hydrogens (tertiary/aromatic N) is 1. The Bertz CT molecular complexity index is 354. The molecule has 1 N–H and O–H groups in total. The largest absolute Gasteiger partial charge is 0.382 e. The number of halogens is 1. The average Bonchev–Trinajstić information content (AvgIpc) is 2.22. The molecule has 1 aromatic rings. The highest BCUT2D eigenvalue weighted by Crippen LogP contribution is 2.22. The third-order valence-electron chi connectivity index (χ3n) is 3.29. The van der Waals surface area contributed by atoms with Gasteiger partial charge in [-0.1, -0.05) is 24.6 Å². The van der Waals surface area contributed by atoms with E-state index in [-0.39, 0.29) is 0 Å². The molecule has 1 heterocycles. The summed E-state index contributed by atoms with van der Waals surface area (Å²) in [6, 6.07) is 8.54. The van der Waals surface area contributed by atoms with Gasteiger partial charge in [0, 0.05) is 23.3 Å². The molecule has 2 unspecified atom stereocenters. The second kappa shape index (κ2) is 5.07. The van der Waals surface area contributed by atoms with Crippen molar-refractivity contribution in [2.45, 2.75) is 19.4 Å². The number of benzene rings is 1. The van der Waals surface area contributed by atoms with Crippen molar-refractivity contribution in [1.82, 2.24) is 4.90 Å². The molecule has 0 amide bonds. The third-order valence-corrected chi connectivity index (χ3v) is 3.52. The highest BCUT2D eigenvalue weighted by atomic mass is 35.5. The van der Waals surface area contributed by atoms with Gasteiger partial charge in [-0.25, -0.2) is 0 Å². The number of piperidine rings is 1. The summed E-state index contributed by atoms with van der Waals surface area (Å²) in [6.45, 7) is 4.64. The van der Waals surface area contributed by atoms with Crippen LogP contribution in [0.4, 0.5) is 5.69 Å². The molecule has 2 nitrogen and oxygen atoms in total.